The highest BCUT2D eigenvalue weighted by molar-refractivity contribution is 5.99. The Bertz CT molecular complexity index is 612. The molecule has 116 valence electrons. The number of carbonyl (C=O) groups is 3. The third-order valence-electron chi connectivity index (χ3n) is 3.57. The molecule has 2 rings (SSSR count). The molecule has 0 saturated carbocycles. The monoisotopic (exact) mass is 301 g/mol. The number of hydrogen-bond donors (Lipinski definition) is 2. The highest BCUT2D eigenvalue weighted by atomic mass is 16.2. The van der Waals surface area contributed by atoms with Gasteiger partial charge in [0, 0.05) is 32.2 Å². The van der Waals surface area contributed by atoms with Gasteiger partial charge >= 0.3 is 0 Å². The molecule has 1 aromatic rings. The molecule has 2 N–H and O–H groups in total. The lowest BCUT2D eigenvalue weighted by Crippen LogP contribution is -2.33. The molecule has 1 heterocycles. The van der Waals surface area contributed by atoms with Crippen LogP contribution in [0.4, 0.5) is 5.69 Å². The lowest BCUT2D eigenvalue weighted by Gasteiger charge is -2.21. The van der Waals surface area contributed by atoms with E-state index in [1.807, 2.05) is 18.2 Å². The van der Waals surface area contributed by atoms with Crippen LogP contribution >= 0.6 is 0 Å². The third-order valence-corrected chi connectivity index (χ3v) is 3.57. The first-order chi connectivity index (χ1) is 10.5. The molecule has 3 amide bonds. The fourth-order valence-electron chi connectivity index (χ4n) is 2.39. The lowest BCUT2D eigenvalue weighted by atomic mass is 10.1. The van der Waals surface area contributed by atoms with Crippen molar-refractivity contribution in [2.45, 2.75) is 13.0 Å². The number of hydrogen-bond acceptors (Lipinski definition) is 3. The molecule has 1 aliphatic heterocycles. The zero-order valence-electron chi connectivity index (χ0n) is 12.5. The average molecular weight is 301 g/mol. The lowest BCUT2D eigenvalue weighted by molar-refractivity contribution is -0.135. The van der Waals surface area contributed by atoms with Crippen LogP contribution in [0.3, 0.4) is 0 Å². The summed E-state index contributed by atoms with van der Waals surface area (Å²) in [5.74, 6) is -0.784. The zero-order valence-corrected chi connectivity index (χ0v) is 12.5. The Balaban J connectivity index is 2.06. The van der Waals surface area contributed by atoms with E-state index in [0.717, 1.165) is 5.56 Å². The molecular weight excluding hydrogens is 282 g/mol. The summed E-state index contributed by atoms with van der Waals surface area (Å²) >= 11 is 0. The van der Waals surface area contributed by atoms with Gasteiger partial charge in [-0.25, -0.2) is 0 Å². The van der Waals surface area contributed by atoms with E-state index in [9.17, 15) is 14.4 Å². The summed E-state index contributed by atoms with van der Waals surface area (Å²) in [5.41, 5.74) is 1.47. The minimum Gasteiger partial charge on any atom is -0.355 e. The number of amides is 3. The minimum atomic E-state index is -0.313. The van der Waals surface area contributed by atoms with Crippen LogP contribution in [0.1, 0.15) is 12.0 Å². The Hall–Kier alpha value is -2.63. The maximum Gasteiger partial charge on any atom is 0.247 e. The van der Waals surface area contributed by atoms with Gasteiger partial charge in [-0.3, -0.25) is 14.4 Å². The highest BCUT2D eigenvalue weighted by Gasteiger charge is 2.30. The molecule has 0 bridgehead atoms. The summed E-state index contributed by atoms with van der Waals surface area (Å²) in [6.07, 6.45) is 1.43. The van der Waals surface area contributed by atoms with Crippen molar-refractivity contribution >= 4 is 23.4 Å². The third kappa shape index (κ3) is 3.72. The normalized spacial score (nSPS) is 16.8. The number of carbonyl (C=O) groups excluding carboxylic acids is 3. The average Bonchev–Trinajstić information content (AvgIpc) is 2.94. The van der Waals surface area contributed by atoms with Gasteiger partial charge in [0.15, 0.2) is 0 Å². The molecule has 6 heteroatoms. The maximum absolute atomic E-state index is 12.3. The number of nitrogens with one attached hydrogen (secondary N) is 2. The Labute approximate surface area is 129 Å². The molecule has 0 radical (unpaired) electrons. The van der Waals surface area contributed by atoms with E-state index in [1.54, 1.807) is 18.0 Å². The summed E-state index contributed by atoms with van der Waals surface area (Å²) in [7, 11) is 1.69. The molecule has 1 aliphatic rings. The van der Waals surface area contributed by atoms with Crippen molar-refractivity contribution in [2.24, 2.45) is 5.92 Å². The van der Waals surface area contributed by atoms with E-state index >= 15 is 0 Å². The Morgan fingerprint density at radius 3 is 2.82 bits per heavy atom. The summed E-state index contributed by atoms with van der Waals surface area (Å²) in [5, 5.41) is 5.38. The van der Waals surface area contributed by atoms with Crippen LogP contribution in [-0.4, -0.2) is 36.2 Å². The van der Waals surface area contributed by atoms with E-state index < -0.39 is 0 Å². The molecule has 6 nitrogen and oxygen atoms in total. The smallest absolute Gasteiger partial charge is 0.247 e. The Morgan fingerprint density at radius 1 is 1.45 bits per heavy atom. The van der Waals surface area contributed by atoms with E-state index in [-0.39, 0.29) is 30.1 Å². The van der Waals surface area contributed by atoms with E-state index in [1.165, 1.54) is 6.08 Å². The van der Waals surface area contributed by atoms with E-state index in [2.05, 4.69) is 17.2 Å². The number of rotatable bonds is 5. The van der Waals surface area contributed by atoms with Gasteiger partial charge in [0.2, 0.25) is 17.7 Å². The number of benzene rings is 1. The molecule has 1 fully saturated rings. The molecular formula is C16H19N3O3. The van der Waals surface area contributed by atoms with Gasteiger partial charge < -0.3 is 15.5 Å². The molecule has 22 heavy (non-hydrogen) atoms. The van der Waals surface area contributed by atoms with Gasteiger partial charge in [0.05, 0.1) is 5.92 Å². The van der Waals surface area contributed by atoms with Crippen LogP contribution < -0.4 is 10.6 Å². The van der Waals surface area contributed by atoms with E-state index in [0.29, 0.717) is 18.8 Å². The predicted octanol–water partition coefficient (Wildman–Crippen LogP) is 0.906. The summed E-state index contributed by atoms with van der Waals surface area (Å²) in [6, 6.07) is 7.28. The molecule has 1 aromatic carbocycles. The van der Waals surface area contributed by atoms with Crippen molar-refractivity contribution in [1.29, 1.82) is 0 Å². The Morgan fingerprint density at radius 2 is 2.18 bits per heavy atom. The first-order valence-corrected chi connectivity index (χ1v) is 7.04. The topological polar surface area (TPSA) is 78.5 Å². The second kappa shape index (κ2) is 6.89. The quantitative estimate of drug-likeness (QED) is 0.793. The molecule has 0 spiro atoms. The summed E-state index contributed by atoms with van der Waals surface area (Å²) in [6.45, 7) is 4.16. The first kappa shape index (κ1) is 15.8. The number of nitrogens with zero attached hydrogens (tertiary/aromatic N) is 1. The largest absolute Gasteiger partial charge is 0.355 e. The molecule has 0 aromatic heterocycles. The van der Waals surface area contributed by atoms with Crippen LogP contribution in [-0.2, 0) is 20.9 Å². The van der Waals surface area contributed by atoms with Crippen molar-refractivity contribution < 1.29 is 14.4 Å². The van der Waals surface area contributed by atoms with Crippen LogP contribution in [0.15, 0.2) is 36.9 Å². The number of anilines is 1. The van der Waals surface area contributed by atoms with Gasteiger partial charge in [-0.15, -0.1) is 0 Å². The van der Waals surface area contributed by atoms with Gasteiger partial charge in [-0.05, 0) is 17.7 Å². The zero-order chi connectivity index (χ0) is 16.1. The fraction of sp³-hybridized carbons (Fsp3) is 0.312. The van der Waals surface area contributed by atoms with Crippen molar-refractivity contribution in [1.82, 2.24) is 10.2 Å². The van der Waals surface area contributed by atoms with E-state index in [4.69, 9.17) is 0 Å². The predicted molar refractivity (Wildman–Crippen MR) is 82.9 cm³/mol. The van der Waals surface area contributed by atoms with Crippen molar-refractivity contribution in [3.63, 3.8) is 0 Å². The first-order valence-electron chi connectivity index (χ1n) is 7.04. The van der Waals surface area contributed by atoms with Crippen molar-refractivity contribution in [3.05, 3.63) is 42.5 Å². The van der Waals surface area contributed by atoms with Gasteiger partial charge in [0.25, 0.3) is 0 Å². The second-order valence-corrected chi connectivity index (χ2v) is 5.25. The van der Waals surface area contributed by atoms with Crippen LogP contribution in [0.25, 0.3) is 0 Å². The van der Waals surface area contributed by atoms with Crippen LogP contribution in [0.5, 0.6) is 0 Å². The highest BCUT2D eigenvalue weighted by Crippen LogP contribution is 2.19. The minimum absolute atomic E-state index is 0.0804. The molecule has 1 saturated heterocycles. The van der Waals surface area contributed by atoms with Crippen molar-refractivity contribution in [3.8, 4) is 0 Å². The van der Waals surface area contributed by atoms with Gasteiger partial charge in [-0.1, -0.05) is 24.8 Å². The van der Waals surface area contributed by atoms with Crippen molar-refractivity contribution in [2.75, 3.05) is 18.9 Å². The second-order valence-electron chi connectivity index (χ2n) is 5.25. The van der Waals surface area contributed by atoms with Gasteiger partial charge in [-0.2, -0.15) is 0 Å². The number of para-hydroxylation sites is 1. The SMILES string of the molecule is C=CC(=O)Nc1ccccc1CN(C)C(=O)[C@@H]1CNC(=O)C1. The standard InChI is InChI=1S/C16H19N3O3/c1-3-14(20)18-13-7-5-4-6-11(13)10-19(2)16(22)12-8-15(21)17-9-12/h3-7,12H,1,8-10H2,2H3,(H,17,21)(H,18,20)/t12-/m0/s1. The van der Waals surface area contributed by atoms with Gasteiger partial charge in [0.1, 0.15) is 0 Å². The molecule has 0 unspecified atom stereocenters. The molecule has 0 aliphatic carbocycles. The fourth-order valence-corrected chi connectivity index (χ4v) is 2.39. The maximum atomic E-state index is 12.3. The van der Waals surface area contributed by atoms with Crippen LogP contribution in [0, 0.1) is 5.92 Å². The molecule has 1 atom stereocenters. The Kier molecular flexibility index (Phi) is 4.93. The summed E-state index contributed by atoms with van der Waals surface area (Å²) in [4.78, 5) is 36.5. The summed E-state index contributed by atoms with van der Waals surface area (Å²) < 4.78 is 0. The van der Waals surface area contributed by atoms with Crippen LogP contribution in [0.2, 0.25) is 0 Å².